The van der Waals surface area contributed by atoms with Gasteiger partial charge in [-0.25, -0.2) is 0 Å². The lowest BCUT2D eigenvalue weighted by molar-refractivity contribution is -0.137. The van der Waals surface area contributed by atoms with Crippen LogP contribution in [0.5, 0.6) is 11.5 Å². The van der Waals surface area contributed by atoms with Gasteiger partial charge in [-0.1, -0.05) is 19.9 Å². The molecule has 0 saturated heterocycles. The first kappa shape index (κ1) is 26.5. The molecule has 7 nitrogen and oxygen atoms in total. The molecule has 37 heavy (non-hydrogen) atoms. The standard InChI is InChI=1S/C27H29F3N2O5/c1-4-26(5-2)15-16(19-8-6-17(27(28,29)30)13-23(19)37-26)12-24(34)31-18-7-9-21-20(14-18)32(3)25(35)22(36-21)10-11-33/h6-9,12-14,22,33H,4-5,10-11,15H2,1-3H3,(H,31,34). The van der Waals surface area contributed by atoms with Crippen molar-refractivity contribution in [1.29, 1.82) is 0 Å². The number of anilines is 2. The Labute approximate surface area is 212 Å². The van der Waals surface area contributed by atoms with Crippen molar-refractivity contribution in [2.45, 2.75) is 57.4 Å². The molecule has 2 heterocycles. The molecule has 2 aromatic rings. The molecule has 0 spiro atoms. The average molecular weight is 519 g/mol. The Kier molecular flexibility index (Phi) is 7.23. The summed E-state index contributed by atoms with van der Waals surface area (Å²) in [5.74, 6) is -0.217. The average Bonchev–Trinajstić information content (AvgIpc) is 2.86. The summed E-state index contributed by atoms with van der Waals surface area (Å²) in [5.41, 5.74) is 0.379. The number of rotatable bonds is 6. The molecule has 2 aromatic carbocycles. The van der Waals surface area contributed by atoms with Gasteiger partial charge < -0.3 is 24.8 Å². The molecule has 0 bridgehead atoms. The van der Waals surface area contributed by atoms with E-state index in [0.29, 0.717) is 47.5 Å². The molecular weight excluding hydrogens is 489 g/mol. The van der Waals surface area contributed by atoms with E-state index in [0.717, 1.165) is 12.1 Å². The van der Waals surface area contributed by atoms with Crippen LogP contribution in [0, 0.1) is 0 Å². The van der Waals surface area contributed by atoms with E-state index in [1.54, 1.807) is 25.2 Å². The molecule has 1 unspecified atom stereocenters. The van der Waals surface area contributed by atoms with Crippen LogP contribution < -0.4 is 19.7 Å². The number of alkyl halides is 3. The number of benzene rings is 2. The molecule has 0 fully saturated rings. The van der Waals surface area contributed by atoms with E-state index in [1.165, 1.54) is 17.0 Å². The van der Waals surface area contributed by atoms with Gasteiger partial charge in [0.2, 0.25) is 5.91 Å². The number of ether oxygens (including phenoxy) is 2. The zero-order valence-electron chi connectivity index (χ0n) is 20.8. The minimum absolute atomic E-state index is 0.104. The van der Waals surface area contributed by atoms with Crippen LogP contribution in [0.15, 0.2) is 42.5 Å². The Morgan fingerprint density at radius 3 is 2.57 bits per heavy atom. The van der Waals surface area contributed by atoms with E-state index in [4.69, 9.17) is 14.6 Å². The van der Waals surface area contributed by atoms with Gasteiger partial charge in [0.05, 0.1) is 11.3 Å². The van der Waals surface area contributed by atoms with E-state index in [1.807, 2.05) is 13.8 Å². The summed E-state index contributed by atoms with van der Waals surface area (Å²) in [6, 6.07) is 8.18. The molecular formula is C27H29F3N2O5. The normalized spacial score (nSPS) is 19.5. The molecule has 198 valence electrons. The van der Waals surface area contributed by atoms with Gasteiger partial charge in [0.25, 0.3) is 5.91 Å². The number of likely N-dealkylation sites (N-methyl/N-ethyl adjacent to an activating group) is 1. The van der Waals surface area contributed by atoms with Crippen LogP contribution in [0.1, 0.15) is 50.7 Å². The second-order valence-electron chi connectivity index (χ2n) is 9.24. The fourth-order valence-electron chi connectivity index (χ4n) is 4.66. The number of aliphatic hydroxyl groups excluding tert-OH is 1. The van der Waals surface area contributed by atoms with E-state index in [-0.39, 0.29) is 24.7 Å². The summed E-state index contributed by atoms with van der Waals surface area (Å²) < 4.78 is 51.7. The van der Waals surface area contributed by atoms with Crippen molar-refractivity contribution in [3.8, 4) is 11.5 Å². The van der Waals surface area contributed by atoms with Crippen molar-refractivity contribution in [1.82, 2.24) is 0 Å². The van der Waals surface area contributed by atoms with E-state index < -0.39 is 29.4 Å². The third-order valence-corrected chi connectivity index (χ3v) is 6.94. The summed E-state index contributed by atoms with van der Waals surface area (Å²) in [5, 5.41) is 11.9. The molecule has 0 radical (unpaired) electrons. The highest BCUT2D eigenvalue weighted by atomic mass is 19.4. The van der Waals surface area contributed by atoms with Crippen molar-refractivity contribution in [2.75, 3.05) is 23.9 Å². The van der Waals surface area contributed by atoms with Gasteiger partial charge in [0, 0.05) is 43.8 Å². The van der Waals surface area contributed by atoms with E-state index in [9.17, 15) is 22.8 Å². The highest BCUT2D eigenvalue weighted by Crippen LogP contribution is 2.45. The smallest absolute Gasteiger partial charge is 0.416 e. The second-order valence-corrected chi connectivity index (χ2v) is 9.24. The third-order valence-electron chi connectivity index (χ3n) is 6.94. The SMILES string of the molecule is CCC1(CC)CC(=CC(=O)Nc2ccc3c(c2)N(C)C(=O)C(CCO)O3)c2ccc(C(F)(F)F)cc2O1. The summed E-state index contributed by atoms with van der Waals surface area (Å²) in [4.78, 5) is 26.9. The fourth-order valence-corrected chi connectivity index (χ4v) is 4.66. The van der Waals surface area contributed by atoms with E-state index in [2.05, 4.69) is 5.32 Å². The van der Waals surface area contributed by atoms with Crippen molar-refractivity contribution < 1.29 is 37.3 Å². The first-order valence-electron chi connectivity index (χ1n) is 12.1. The van der Waals surface area contributed by atoms with Crippen LogP contribution in [-0.4, -0.2) is 42.3 Å². The number of hydrogen-bond acceptors (Lipinski definition) is 5. The lowest BCUT2D eigenvalue weighted by atomic mass is 9.83. The zero-order valence-corrected chi connectivity index (χ0v) is 20.8. The lowest BCUT2D eigenvalue weighted by Gasteiger charge is -2.39. The molecule has 1 atom stereocenters. The largest absolute Gasteiger partial charge is 0.486 e. The minimum atomic E-state index is -4.51. The van der Waals surface area contributed by atoms with E-state index >= 15 is 0 Å². The van der Waals surface area contributed by atoms with Gasteiger partial charge in [-0.15, -0.1) is 0 Å². The summed E-state index contributed by atoms with van der Waals surface area (Å²) in [7, 11) is 1.59. The third kappa shape index (κ3) is 5.29. The zero-order chi connectivity index (χ0) is 27.0. The summed E-state index contributed by atoms with van der Waals surface area (Å²) in [6.45, 7) is 3.61. The molecule has 0 aliphatic carbocycles. The van der Waals surface area contributed by atoms with Gasteiger partial charge in [0.1, 0.15) is 17.1 Å². The Balaban J connectivity index is 1.62. The quantitative estimate of drug-likeness (QED) is 0.515. The van der Waals surface area contributed by atoms with Gasteiger partial charge in [-0.05, 0) is 48.7 Å². The molecule has 4 rings (SSSR count). The highest BCUT2D eigenvalue weighted by Gasteiger charge is 2.38. The maximum atomic E-state index is 13.3. The Bertz CT molecular complexity index is 1240. The molecule has 2 amide bonds. The number of fused-ring (bicyclic) bond motifs is 2. The van der Waals surface area contributed by atoms with Crippen LogP contribution in [0.3, 0.4) is 0 Å². The van der Waals surface area contributed by atoms with Crippen molar-refractivity contribution >= 4 is 28.8 Å². The predicted molar refractivity (Wildman–Crippen MR) is 133 cm³/mol. The highest BCUT2D eigenvalue weighted by molar-refractivity contribution is 6.06. The van der Waals surface area contributed by atoms with Crippen molar-refractivity contribution in [2.24, 2.45) is 0 Å². The molecule has 0 saturated carbocycles. The van der Waals surface area contributed by atoms with Gasteiger partial charge in [-0.3, -0.25) is 9.59 Å². The topological polar surface area (TPSA) is 88.1 Å². The summed E-state index contributed by atoms with van der Waals surface area (Å²) >= 11 is 0. The number of nitrogens with zero attached hydrogens (tertiary/aromatic N) is 1. The molecule has 2 N–H and O–H groups in total. The van der Waals surface area contributed by atoms with Crippen LogP contribution in [0.2, 0.25) is 0 Å². The van der Waals surface area contributed by atoms with Crippen LogP contribution in [-0.2, 0) is 15.8 Å². The first-order valence-corrected chi connectivity index (χ1v) is 12.1. The number of carbonyl (C=O) groups excluding carboxylic acids is 2. The number of aliphatic hydroxyl groups is 1. The molecule has 2 aliphatic heterocycles. The summed E-state index contributed by atoms with van der Waals surface area (Å²) in [6.07, 6.45) is -2.26. The molecule has 0 aromatic heterocycles. The Hall–Kier alpha value is -3.53. The fraction of sp³-hybridized carbons (Fsp3) is 0.407. The van der Waals surface area contributed by atoms with Crippen molar-refractivity contribution in [3.63, 3.8) is 0 Å². The minimum Gasteiger partial charge on any atom is -0.486 e. The second kappa shape index (κ2) is 10.1. The Morgan fingerprint density at radius 2 is 1.92 bits per heavy atom. The monoisotopic (exact) mass is 518 g/mol. The number of carbonyl (C=O) groups is 2. The predicted octanol–water partition coefficient (Wildman–Crippen LogP) is 5.18. The van der Waals surface area contributed by atoms with Crippen LogP contribution in [0.25, 0.3) is 5.57 Å². The van der Waals surface area contributed by atoms with Gasteiger partial charge >= 0.3 is 6.18 Å². The van der Waals surface area contributed by atoms with Crippen LogP contribution in [0.4, 0.5) is 24.5 Å². The number of hydrogen-bond donors (Lipinski definition) is 2. The molecule has 2 aliphatic rings. The van der Waals surface area contributed by atoms with Crippen molar-refractivity contribution in [3.05, 3.63) is 53.6 Å². The lowest BCUT2D eigenvalue weighted by Crippen LogP contribution is -2.44. The first-order chi connectivity index (χ1) is 17.5. The Morgan fingerprint density at radius 1 is 1.19 bits per heavy atom. The number of amides is 2. The van der Waals surface area contributed by atoms with Gasteiger partial charge in [-0.2, -0.15) is 13.2 Å². The maximum absolute atomic E-state index is 13.3. The van der Waals surface area contributed by atoms with Crippen LogP contribution >= 0.6 is 0 Å². The van der Waals surface area contributed by atoms with Gasteiger partial charge in [0.15, 0.2) is 6.10 Å². The maximum Gasteiger partial charge on any atom is 0.416 e. The number of halogens is 3. The number of nitrogens with one attached hydrogen (secondary N) is 1. The molecule has 10 heteroatoms.